The number of nitrogens with zero attached hydrogens (tertiary/aromatic N) is 2. The maximum absolute atomic E-state index is 12.4. The average Bonchev–Trinajstić information content (AvgIpc) is 2.65. The highest BCUT2D eigenvalue weighted by molar-refractivity contribution is 7.89. The van der Waals surface area contributed by atoms with Gasteiger partial charge in [-0.15, -0.1) is 0 Å². The summed E-state index contributed by atoms with van der Waals surface area (Å²) in [4.78, 5) is 26.0. The molecule has 0 bridgehead atoms. The molecule has 1 atom stereocenters. The number of rotatable bonds is 6. The van der Waals surface area contributed by atoms with E-state index in [0.717, 1.165) is 17.1 Å². The summed E-state index contributed by atoms with van der Waals surface area (Å²) >= 11 is 0. The van der Waals surface area contributed by atoms with Gasteiger partial charge >= 0.3 is 0 Å². The first-order valence-corrected chi connectivity index (χ1v) is 9.90. The molecule has 1 aromatic carbocycles. The van der Waals surface area contributed by atoms with Crippen LogP contribution in [0.25, 0.3) is 0 Å². The molecule has 26 heavy (non-hydrogen) atoms. The molecule has 142 valence electrons. The normalized spacial score (nSPS) is 17.8. The number of likely N-dealkylation sites (tertiary alicyclic amines) is 1. The highest BCUT2D eigenvalue weighted by atomic mass is 32.2. The molecule has 1 N–H and O–H groups in total. The Hall–Kier alpha value is -2.19. The van der Waals surface area contributed by atoms with Crippen LogP contribution in [0.15, 0.2) is 41.8 Å². The van der Waals surface area contributed by atoms with Gasteiger partial charge in [0.1, 0.15) is 0 Å². The summed E-state index contributed by atoms with van der Waals surface area (Å²) in [6.45, 7) is 4.73. The van der Waals surface area contributed by atoms with Gasteiger partial charge in [0.05, 0.1) is 10.8 Å². The summed E-state index contributed by atoms with van der Waals surface area (Å²) in [6.07, 6.45) is 2.76. The molecule has 0 spiro atoms. The molecule has 0 aromatic heterocycles. The van der Waals surface area contributed by atoms with E-state index in [2.05, 4.69) is 11.9 Å². The SMILES string of the molecule is C=CC(=O)N1CCCC(C(=O)NCc2cccc(S(=O)(=O)N(C)C)c2)C1. The predicted octanol–water partition coefficient (Wildman–Crippen LogP) is 0.978. The third kappa shape index (κ3) is 4.70. The number of carbonyl (C=O) groups is 2. The van der Waals surface area contributed by atoms with Gasteiger partial charge < -0.3 is 10.2 Å². The van der Waals surface area contributed by atoms with E-state index in [9.17, 15) is 18.0 Å². The van der Waals surface area contributed by atoms with Crippen molar-refractivity contribution in [1.29, 1.82) is 0 Å². The second kappa shape index (κ2) is 8.46. The standard InChI is InChI=1S/C18H25N3O4S/c1-4-17(22)21-10-6-8-15(13-21)18(23)19-12-14-7-5-9-16(11-14)26(24,25)20(2)3/h4-5,7,9,11,15H,1,6,8,10,12-13H2,2-3H3,(H,19,23). The minimum Gasteiger partial charge on any atom is -0.352 e. The Labute approximate surface area is 154 Å². The van der Waals surface area contributed by atoms with Crippen molar-refractivity contribution in [1.82, 2.24) is 14.5 Å². The van der Waals surface area contributed by atoms with Crippen molar-refractivity contribution in [3.8, 4) is 0 Å². The summed E-state index contributed by atoms with van der Waals surface area (Å²) in [5.74, 6) is -0.558. The van der Waals surface area contributed by atoms with Crippen LogP contribution in [0.4, 0.5) is 0 Å². The van der Waals surface area contributed by atoms with Gasteiger partial charge in [-0.1, -0.05) is 18.7 Å². The number of sulfonamides is 1. The van der Waals surface area contributed by atoms with Crippen LogP contribution in [0.2, 0.25) is 0 Å². The molecule has 2 amide bonds. The lowest BCUT2D eigenvalue weighted by molar-refractivity contribution is -0.132. The maximum atomic E-state index is 12.4. The Kier molecular flexibility index (Phi) is 6.55. The topological polar surface area (TPSA) is 86.8 Å². The van der Waals surface area contributed by atoms with Gasteiger partial charge in [-0.25, -0.2) is 12.7 Å². The third-order valence-electron chi connectivity index (χ3n) is 4.42. The number of amides is 2. The van der Waals surface area contributed by atoms with Crippen LogP contribution in [-0.2, 0) is 26.2 Å². The van der Waals surface area contributed by atoms with Crippen molar-refractivity contribution in [2.75, 3.05) is 27.2 Å². The second-order valence-electron chi connectivity index (χ2n) is 6.48. The number of benzene rings is 1. The lowest BCUT2D eigenvalue weighted by Crippen LogP contribution is -2.44. The number of hydrogen-bond acceptors (Lipinski definition) is 4. The molecule has 0 aliphatic carbocycles. The fraction of sp³-hybridized carbons (Fsp3) is 0.444. The molecule has 1 fully saturated rings. The number of hydrogen-bond donors (Lipinski definition) is 1. The van der Waals surface area contributed by atoms with Gasteiger partial charge in [-0.05, 0) is 36.6 Å². The summed E-state index contributed by atoms with van der Waals surface area (Å²) in [7, 11) is -0.560. The fourth-order valence-corrected chi connectivity index (χ4v) is 3.85. The highest BCUT2D eigenvalue weighted by Crippen LogP contribution is 2.18. The minimum absolute atomic E-state index is 0.132. The molecule has 0 radical (unpaired) electrons. The Balaban J connectivity index is 1.99. The van der Waals surface area contributed by atoms with E-state index in [1.807, 2.05) is 0 Å². The van der Waals surface area contributed by atoms with Crippen LogP contribution in [0.3, 0.4) is 0 Å². The summed E-state index contributed by atoms with van der Waals surface area (Å²) < 4.78 is 25.5. The van der Waals surface area contributed by atoms with Gasteiger partial charge in [0.2, 0.25) is 21.8 Å². The zero-order valence-electron chi connectivity index (χ0n) is 15.1. The smallest absolute Gasteiger partial charge is 0.245 e. The molecule has 1 unspecified atom stereocenters. The first-order valence-electron chi connectivity index (χ1n) is 8.46. The highest BCUT2D eigenvalue weighted by Gasteiger charge is 2.27. The molecular weight excluding hydrogens is 354 g/mol. The van der Waals surface area contributed by atoms with Gasteiger partial charge in [0.15, 0.2) is 0 Å². The molecule has 1 saturated heterocycles. The molecule has 1 aromatic rings. The van der Waals surface area contributed by atoms with E-state index >= 15 is 0 Å². The lowest BCUT2D eigenvalue weighted by atomic mass is 9.97. The van der Waals surface area contributed by atoms with Crippen LogP contribution < -0.4 is 5.32 Å². The molecule has 7 nitrogen and oxygen atoms in total. The van der Waals surface area contributed by atoms with E-state index in [4.69, 9.17) is 0 Å². The van der Waals surface area contributed by atoms with Crippen LogP contribution in [0.5, 0.6) is 0 Å². The summed E-state index contributed by atoms with van der Waals surface area (Å²) in [6, 6.07) is 6.51. The number of nitrogens with one attached hydrogen (secondary N) is 1. The zero-order chi connectivity index (χ0) is 19.3. The predicted molar refractivity (Wildman–Crippen MR) is 98.7 cm³/mol. The number of piperidine rings is 1. The molecule has 0 saturated carbocycles. The van der Waals surface area contributed by atoms with Crippen molar-refractivity contribution < 1.29 is 18.0 Å². The monoisotopic (exact) mass is 379 g/mol. The van der Waals surface area contributed by atoms with Crippen molar-refractivity contribution in [3.63, 3.8) is 0 Å². The Morgan fingerprint density at radius 1 is 1.38 bits per heavy atom. The second-order valence-corrected chi connectivity index (χ2v) is 8.63. The maximum Gasteiger partial charge on any atom is 0.245 e. The van der Waals surface area contributed by atoms with Gasteiger partial charge in [-0.2, -0.15) is 0 Å². The van der Waals surface area contributed by atoms with Gasteiger partial charge in [0, 0.05) is 33.7 Å². The lowest BCUT2D eigenvalue weighted by Gasteiger charge is -2.31. The molecule has 1 heterocycles. The first kappa shape index (κ1) is 20.1. The van der Waals surface area contributed by atoms with E-state index < -0.39 is 10.0 Å². The van der Waals surface area contributed by atoms with E-state index in [1.54, 1.807) is 23.1 Å². The van der Waals surface area contributed by atoms with Crippen LogP contribution >= 0.6 is 0 Å². The van der Waals surface area contributed by atoms with Crippen molar-refractivity contribution in [2.24, 2.45) is 5.92 Å². The quantitative estimate of drug-likeness (QED) is 0.747. The molecular formula is C18H25N3O4S. The zero-order valence-corrected chi connectivity index (χ0v) is 16.0. The number of carbonyl (C=O) groups excluding carboxylic acids is 2. The molecule has 1 aliphatic rings. The molecule has 1 aliphatic heterocycles. The van der Waals surface area contributed by atoms with Gasteiger partial charge in [-0.3, -0.25) is 9.59 Å². The van der Waals surface area contributed by atoms with Crippen molar-refractivity contribution in [2.45, 2.75) is 24.3 Å². The summed E-state index contributed by atoms with van der Waals surface area (Å²) in [5, 5.41) is 2.84. The Morgan fingerprint density at radius 2 is 2.12 bits per heavy atom. The minimum atomic E-state index is -3.51. The first-order chi connectivity index (χ1) is 12.3. The van der Waals surface area contributed by atoms with Gasteiger partial charge in [0.25, 0.3) is 0 Å². The van der Waals surface area contributed by atoms with E-state index in [-0.39, 0.29) is 29.2 Å². The van der Waals surface area contributed by atoms with E-state index in [0.29, 0.717) is 18.7 Å². The largest absolute Gasteiger partial charge is 0.352 e. The average molecular weight is 379 g/mol. The fourth-order valence-electron chi connectivity index (χ4n) is 2.88. The van der Waals surface area contributed by atoms with Crippen LogP contribution in [0, 0.1) is 5.92 Å². The van der Waals surface area contributed by atoms with E-state index in [1.165, 1.54) is 26.2 Å². The molecule has 8 heteroatoms. The van der Waals surface area contributed by atoms with Crippen LogP contribution in [0.1, 0.15) is 18.4 Å². The molecule has 2 rings (SSSR count). The Morgan fingerprint density at radius 3 is 2.77 bits per heavy atom. The third-order valence-corrected chi connectivity index (χ3v) is 6.23. The van der Waals surface area contributed by atoms with Crippen molar-refractivity contribution in [3.05, 3.63) is 42.5 Å². The van der Waals surface area contributed by atoms with Crippen molar-refractivity contribution >= 4 is 21.8 Å². The van der Waals surface area contributed by atoms with Crippen LogP contribution in [-0.4, -0.2) is 56.6 Å². The Bertz CT molecular complexity index is 789. The summed E-state index contributed by atoms with van der Waals surface area (Å²) in [5.41, 5.74) is 0.705.